The molecule has 0 radical (unpaired) electrons. The molecule has 96 atom stereocenters. The third kappa shape index (κ3) is 4.67. The number of hydrogen-bond donors (Lipinski definition) is 0. The van der Waals surface area contributed by atoms with Crippen molar-refractivity contribution in [2.45, 2.75) is 154 Å². The van der Waals surface area contributed by atoms with E-state index in [0.29, 0.717) is 0 Å². The van der Waals surface area contributed by atoms with Gasteiger partial charge < -0.3 is 0 Å². The van der Waals surface area contributed by atoms with Gasteiger partial charge in [-0.2, -0.15) is 0 Å². The Balaban J connectivity index is 0.653. The molecule has 49 aliphatic carbocycles. The second kappa shape index (κ2) is 17.0. The van der Waals surface area contributed by atoms with E-state index in [0.717, 1.165) is 0 Å². The van der Waals surface area contributed by atoms with Gasteiger partial charge in [0.15, 0.2) is 0 Å². The fourth-order valence-corrected chi connectivity index (χ4v) is 78.0. The van der Waals surface area contributed by atoms with Crippen molar-refractivity contribution in [2.75, 3.05) is 0 Å². The number of rotatable bonds is 0. The Morgan fingerprint density at radius 2 is 0.0750 bits per heavy atom. The van der Waals surface area contributed by atoms with Gasteiger partial charge in [-0.25, -0.2) is 0 Å². The molecule has 0 heteroatoms. The predicted octanol–water partition coefficient (Wildman–Crippen LogP) is 21.2. The summed E-state index contributed by atoms with van der Waals surface area (Å²) >= 11 is 0. The maximum absolute atomic E-state index is 1.84. The summed E-state index contributed by atoms with van der Waals surface area (Å²) in [5.41, 5.74) is 0. The van der Waals surface area contributed by atoms with Crippen molar-refractivity contribution in [3.05, 3.63) is 0 Å². The first-order chi connectivity index (χ1) is 59.8. The van der Waals surface area contributed by atoms with E-state index >= 15 is 0 Å². The monoisotopic (exact) mass is 1590 g/mol. The van der Waals surface area contributed by atoms with Gasteiger partial charge in [-0.05, 0) is 722 Å². The van der Waals surface area contributed by atoms with Crippen LogP contribution in [0.2, 0.25) is 0 Å². The van der Waals surface area contributed by atoms with E-state index < -0.39 is 0 Å². The maximum Gasteiger partial charge on any atom is -0.0312 e. The molecule has 0 heterocycles. The Morgan fingerprint density at radius 1 is 0.0417 bits per heavy atom. The molecule has 0 nitrogen and oxygen atoms in total. The van der Waals surface area contributed by atoms with E-state index in [2.05, 4.69) is 0 Å². The van der Waals surface area contributed by atoms with Gasteiger partial charge >= 0.3 is 0 Å². The lowest BCUT2D eigenvalue weighted by Crippen LogP contribution is -2.91. The molecule has 24 bridgehead atoms. The minimum absolute atomic E-state index is 1.21. The van der Waals surface area contributed by atoms with Crippen molar-refractivity contribution in [1.29, 1.82) is 0 Å². The van der Waals surface area contributed by atoms with Gasteiger partial charge in [-0.1, -0.05) is 0 Å². The zero-order valence-corrected chi connectivity index (χ0v) is 72.4. The molecule has 0 aromatic heterocycles. The van der Waals surface area contributed by atoms with Crippen molar-refractivity contribution in [1.82, 2.24) is 0 Å². The highest BCUT2D eigenvalue weighted by Gasteiger charge is 2.99. The first-order valence-corrected chi connectivity index (χ1v) is 59.8. The van der Waals surface area contributed by atoms with Crippen molar-refractivity contribution in [3.63, 3.8) is 0 Å². The van der Waals surface area contributed by atoms with Crippen LogP contribution in [0.15, 0.2) is 0 Å². The van der Waals surface area contributed by atoms with Crippen molar-refractivity contribution < 1.29 is 0 Å². The van der Waals surface area contributed by atoms with Crippen LogP contribution in [0, 0.1) is 568 Å². The fraction of sp³-hybridized carbons (Fsp3) is 1.00. The molecule has 48 unspecified atom stereocenters. The molecule has 0 aliphatic heterocycles. The summed E-state index contributed by atoms with van der Waals surface area (Å²) in [6, 6.07) is 0. The molecule has 0 N–H and O–H groups in total. The largest absolute Gasteiger partial charge is 0.0496 e. The molecule has 624 valence electrons. The van der Waals surface area contributed by atoms with Crippen LogP contribution in [-0.2, 0) is 0 Å². The highest BCUT2D eigenvalue weighted by molar-refractivity contribution is 5.46. The van der Waals surface area contributed by atoms with Crippen LogP contribution in [0.5, 0.6) is 0 Å². The molecule has 0 aromatic carbocycles. The van der Waals surface area contributed by atoms with Gasteiger partial charge in [0.25, 0.3) is 0 Å². The fourth-order valence-electron chi connectivity index (χ4n) is 78.0. The second-order valence-corrected chi connectivity index (χ2v) is 64.4. The lowest BCUT2D eigenvalue weighted by atomic mass is 9.09. The topological polar surface area (TPSA) is 0 Å². The average molecular weight is 1590 g/mol. The third-order valence-electron chi connectivity index (χ3n) is 71.1. The van der Waals surface area contributed by atoms with Gasteiger partial charge in [0, 0.05) is 0 Å². The standard InChI is InChI=1S/C120H144/c1-2-26-28-5-6-30-32-9-10-37-41-17-15-38-34-8-7-31-29-4-3-27-25(1)49-50(26)74-76-52(28)54(30)78-81-57(32)61(37)89-93-69(41)66(38)90-86-58(34)55(31)79-77-53(29)51(27)75-73(49)97-98(74)103-82-60-35-13-14-40-42-19-20-45-46-23-24-48-47-22-21-44-43-18-16-39-36-12-11-33(35)56-59(36)83-84-63(39)64(43)88-91-68(44)70(47)95-96-72(48)71(46)94-92-67(45)65(42)87-85(62(40)60)107(103)101(76)105(78)110(87)113(92)109(81)114(89)116(94)119(96)120(93)118(90)117(95)115(91)112(86)106(79)111(88)108(84)102(77)99(75)104(83)100(97)80(56)82/h25-120H,1-24H2/t25-,26-,27-,28-,29+,30+,31+,32+,33-,34-,35+,36-,37-,38-,39+,40-,41-,42+,43-,44+,45-,46+,47-,48+,49?,50?,51?,52?,53?,54?,55?,56?,57?,58?,59?,60?,61?,62?,63?,64?,65?,66?,67?,68?,69?,70?,71?,72?,73-,74-,75+,76+,77-,78-,79+,80-,81+,82+,83+,84-,85+,86-,87-,88-,89-,90+,91+,92-,93+,94+,95+,96-,97?,98?,99?,100?,101?,102?,103?,104?,105?,106?,107?,108?,109?,110?,111?,112?,113?,114?,115?,116?,117?,118?,119?,120?/m1/s1. The van der Waals surface area contributed by atoms with Crippen LogP contribution in [0.25, 0.3) is 0 Å². The summed E-state index contributed by atoms with van der Waals surface area (Å²) in [7, 11) is 0. The summed E-state index contributed by atoms with van der Waals surface area (Å²) in [5.74, 6) is 120. The lowest BCUT2D eigenvalue weighted by molar-refractivity contribution is -0.482. The number of hydrogen-bond acceptors (Lipinski definition) is 0. The summed E-state index contributed by atoms with van der Waals surface area (Å²) in [6.45, 7) is 0. The zero-order valence-electron chi connectivity index (χ0n) is 72.4. The molecule has 0 amide bonds. The third-order valence-corrected chi connectivity index (χ3v) is 71.1. The molecule has 0 spiro atoms. The van der Waals surface area contributed by atoms with E-state index in [-0.39, 0.29) is 0 Å². The Kier molecular flexibility index (Phi) is 8.54. The van der Waals surface area contributed by atoms with Crippen LogP contribution < -0.4 is 0 Å². The highest BCUT2D eigenvalue weighted by atomic mass is 15.0. The van der Waals surface area contributed by atoms with Gasteiger partial charge in [0.1, 0.15) is 0 Å². The zero-order chi connectivity index (χ0) is 72.4. The number of fused-ring (bicyclic) bond motifs is 12. The Labute approximate surface area is 717 Å². The smallest absolute Gasteiger partial charge is 0.0312 e. The second-order valence-electron chi connectivity index (χ2n) is 64.4. The molecule has 49 fully saturated rings. The van der Waals surface area contributed by atoms with Crippen LogP contribution in [0.3, 0.4) is 0 Å². The molecule has 49 rings (SSSR count). The molecule has 0 aromatic rings. The molecular formula is C120H144. The average Bonchev–Trinajstić information content (AvgIpc) is 0.600. The minimum Gasteiger partial charge on any atom is -0.0496 e. The molecule has 0 saturated heterocycles. The minimum atomic E-state index is 1.21. The van der Waals surface area contributed by atoms with Gasteiger partial charge in [0.2, 0.25) is 0 Å². The van der Waals surface area contributed by atoms with Crippen LogP contribution >= 0.6 is 0 Å². The quantitative estimate of drug-likeness (QED) is 0.227. The summed E-state index contributed by atoms with van der Waals surface area (Å²) in [6.07, 6.45) is 44.2. The molecule has 49 saturated carbocycles. The lowest BCUT2D eigenvalue weighted by Gasteiger charge is -2.95. The van der Waals surface area contributed by atoms with Crippen LogP contribution in [0.1, 0.15) is 154 Å². The Morgan fingerprint density at radius 3 is 0.117 bits per heavy atom. The first-order valence-electron chi connectivity index (χ1n) is 59.8. The van der Waals surface area contributed by atoms with Crippen LogP contribution in [0.4, 0.5) is 0 Å². The normalized spacial score (nSPS) is 91.2. The van der Waals surface area contributed by atoms with E-state index in [1.807, 2.05) is 154 Å². The van der Waals surface area contributed by atoms with E-state index in [4.69, 9.17) is 0 Å². The molecule has 49 aliphatic rings. The molecular weight excluding hydrogens is 1440 g/mol. The van der Waals surface area contributed by atoms with E-state index in [1.165, 1.54) is 568 Å². The van der Waals surface area contributed by atoms with Gasteiger partial charge in [-0.15, -0.1) is 0 Å². The maximum atomic E-state index is 1.84. The Hall–Kier alpha value is 0. The van der Waals surface area contributed by atoms with Crippen molar-refractivity contribution in [3.8, 4) is 0 Å². The van der Waals surface area contributed by atoms with Crippen molar-refractivity contribution >= 4 is 0 Å². The van der Waals surface area contributed by atoms with Crippen LogP contribution in [-0.4, -0.2) is 0 Å². The van der Waals surface area contributed by atoms with Crippen molar-refractivity contribution in [2.24, 2.45) is 568 Å². The summed E-state index contributed by atoms with van der Waals surface area (Å²) in [4.78, 5) is 0. The summed E-state index contributed by atoms with van der Waals surface area (Å²) in [5, 5.41) is 0. The van der Waals surface area contributed by atoms with E-state index in [9.17, 15) is 0 Å². The summed E-state index contributed by atoms with van der Waals surface area (Å²) < 4.78 is 0. The van der Waals surface area contributed by atoms with Gasteiger partial charge in [-0.3, -0.25) is 0 Å². The first kappa shape index (κ1) is 60.2. The highest BCUT2D eigenvalue weighted by Crippen LogP contribution is 3.03. The Bertz CT molecular complexity index is 3690. The van der Waals surface area contributed by atoms with E-state index in [1.54, 1.807) is 0 Å². The SMILES string of the molecule is C1C[C@H]2C3C4[C@H]5C6C7C8C9C%10C%11C%12C%13C%14C%15C%16C%17C%18C%19C%20C%21C%22C%23C%24C%25C%26C%27C(C6[C@@H]3[C@H]%26C3C6[C@@H]%25[C@@H]%22C%22C%25[C@@H]%21[C@@H]%18C%18C%21[C@@H]%17[C@@H]%14C%14C%17[C@H]%13[C@H]%10C%10C([C@H]95)[C@@H](CC[C@@H]%10[C@H]%17CC[C@@H]%14[C@H]%21CC[C@H]%18[C@@H]%25CC[C@@H]%22[C@H]6CC[C@@H]32)[C@H]14)[C@H]1C2C3[C@H]%27[C@H]%24C4C5[C@H]%23[C@H]%20C6C9[C@@H]%19[C@@H]%16C%10C%13[C@H]%15[C@H]%12C%12C%14[C@H]%11[C@H]8C8C([C@@H]71)[C@H]1CC[C@@H]8[C@@H]%14CC[C@H]%12[C@H]%13CC[C@H]%10[C@H]9CC[C@H]6[C@H]5CC[C@@H]4[C@@H]3CC[C@@H]21. The molecule has 120 heavy (non-hydrogen) atoms. The predicted molar refractivity (Wildman–Crippen MR) is 446 cm³/mol. The van der Waals surface area contributed by atoms with Gasteiger partial charge in [0.05, 0.1) is 0 Å².